The summed E-state index contributed by atoms with van der Waals surface area (Å²) in [5, 5.41) is 3.22. The fraction of sp³-hybridized carbons (Fsp3) is 0.278. The maximum Gasteiger partial charge on any atom is 0.232 e. The zero-order chi connectivity index (χ0) is 18.4. The van der Waals surface area contributed by atoms with E-state index in [1.807, 2.05) is 37.3 Å². The zero-order valence-corrected chi connectivity index (χ0v) is 15.8. The molecule has 0 aromatic heterocycles. The number of aryl methyl sites for hydroxylation is 1. The maximum absolute atomic E-state index is 12.1. The van der Waals surface area contributed by atoms with Gasteiger partial charge in [0.05, 0.1) is 24.9 Å². The minimum atomic E-state index is -3.49. The van der Waals surface area contributed by atoms with Gasteiger partial charge in [0.1, 0.15) is 0 Å². The van der Waals surface area contributed by atoms with Crippen LogP contribution in [0.4, 0.5) is 5.69 Å². The van der Waals surface area contributed by atoms with E-state index < -0.39 is 10.0 Å². The van der Waals surface area contributed by atoms with Gasteiger partial charge < -0.3 is 5.32 Å². The van der Waals surface area contributed by atoms with Crippen molar-refractivity contribution in [3.05, 3.63) is 64.7 Å². The summed E-state index contributed by atoms with van der Waals surface area (Å²) >= 11 is 5.99. The quantitative estimate of drug-likeness (QED) is 0.803. The van der Waals surface area contributed by atoms with Crippen molar-refractivity contribution in [2.24, 2.45) is 0 Å². The number of anilines is 1. The van der Waals surface area contributed by atoms with Crippen LogP contribution in [0.1, 0.15) is 11.1 Å². The second-order valence-corrected chi connectivity index (χ2v) is 8.12. The molecule has 0 aliphatic carbocycles. The molecular formula is C18H21ClN2O3S. The van der Waals surface area contributed by atoms with Crippen LogP contribution in [0.3, 0.4) is 0 Å². The number of halogens is 1. The number of hydrogen-bond acceptors (Lipinski definition) is 3. The van der Waals surface area contributed by atoms with Crippen LogP contribution in [0.15, 0.2) is 48.5 Å². The minimum Gasteiger partial charge on any atom is -0.354 e. The SMILES string of the molecule is Cc1ccc(Cl)cc1N(CCNC(=O)Cc1ccccc1)S(C)(=O)=O. The standard InChI is InChI=1S/C18H21ClN2O3S/c1-14-8-9-16(19)13-17(14)21(25(2,23)24)11-10-20-18(22)12-15-6-4-3-5-7-15/h3-9,13H,10-12H2,1-2H3,(H,20,22). The van der Waals surface area contributed by atoms with E-state index >= 15 is 0 Å². The third-order valence-electron chi connectivity index (χ3n) is 3.68. The molecule has 0 bridgehead atoms. The Balaban J connectivity index is 2.02. The summed E-state index contributed by atoms with van der Waals surface area (Å²) in [7, 11) is -3.49. The number of carbonyl (C=O) groups is 1. The van der Waals surface area contributed by atoms with Gasteiger partial charge in [-0.1, -0.05) is 48.0 Å². The van der Waals surface area contributed by atoms with Crippen molar-refractivity contribution in [3.63, 3.8) is 0 Å². The Labute approximate surface area is 153 Å². The van der Waals surface area contributed by atoms with E-state index in [1.54, 1.807) is 18.2 Å². The van der Waals surface area contributed by atoms with E-state index in [1.165, 1.54) is 4.31 Å². The second kappa shape index (κ2) is 8.36. The third-order valence-corrected chi connectivity index (χ3v) is 5.10. The molecule has 1 amide bonds. The Hall–Kier alpha value is -2.05. The summed E-state index contributed by atoms with van der Waals surface area (Å²) in [6.07, 6.45) is 1.40. The molecule has 0 aliphatic heterocycles. The lowest BCUT2D eigenvalue weighted by atomic mass is 10.1. The van der Waals surface area contributed by atoms with Gasteiger partial charge >= 0.3 is 0 Å². The molecule has 7 heteroatoms. The van der Waals surface area contributed by atoms with E-state index in [4.69, 9.17) is 11.6 Å². The molecule has 0 aliphatic rings. The molecule has 25 heavy (non-hydrogen) atoms. The molecule has 0 radical (unpaired) electrons. The summed E-state index contributed by atoms with van der Waals surface area (Å²) in [5.41, 5.74) is 2.23. The lowest BCUT2D eigenvalue weighted by molar-refractivity contribution is -0.120. The summed E-state index contributed by atoms with van der Waals surface area (Å²) in [5.74, 6) is -0.150. The number of rotatable bonds is 7. The monoisotopic (exact) mass is 380 g/mol. The molecule has 2 aromatic rings. The average Bonchev–Trinajstić information content (AvgIpc) is 2.54. The lowest BCUT2D eigenvalue weighted by Crippen LogP contribution is -2.38. The third kappa shape index (κ3) is 5.76. The van der Waals surface area contributed by atoms with Crippen molar-refractivity contribution < 1.29 is 13.2 Å². The maximum atomic E-state index is 12.1. The van der Waals surface area contributed by atoms with Gasteiger partial charge in [-0.05, 0) is 30.2 Å². The molecule has 0 fully saturated rings. The largest absolute Gasteiger partial charge is 0.354 e. The highest BCUT2D eigenvalue weighted by atomic mass is 35.5. The molecule has 2 aromatic carbocycles. The van der Waals surface area contributed by atoms with Crippen LogP contribution in [0.25, 0.3) is 0 Å². The summed E-state index contributed by atoms with van der Waals surface area (Å²) in [6, 6.07) is 14.5. The molecule has 0 saturated carbocycles. The fourth-order valence-corrected chi connectivity index (χ4v) is 3.60. The first-order valence-electron chi connectivity index (χ1n) is 7.82. The summed E-state index contributed by atoms with van der Waals surface area (Å²) in [4.78, 5) is 12.0. The molecule has 1 N–H and O–H groups in total. The van der Waals surface area contributed by atoms with Gasteiger partial charge in [-0.15, -0.1) is 0 Å². The Bertz CT molecular complexity index is 839. The van der Waals surface area contributed by atoms with Gasteiger partial charge in [-0.25, -0.2) is 8.42 Å². The topological polar surface area (TPSA) is 66.5 Å². The van der Waals surface area contributed by atoms with Crippen molar-refractivity contribution in [2.75, 3.05) is 23.7 Å². The molecule has 0 unspecified atom stereocenters. The van der Waals surface area contributed by atoms with Gasteiger partial charge in [0.25, 0.3) is 0 Å². The minimum absolute atomic E-state index is 0.139. The Morgan fingerprint density at radius 3 is 2.48 bits per heavy atom. The molecule has 0 atom stereocenters. The Kier molecular flexibility index (Phi) is 6.45. The van der Waals surface area contributed by atoms with Crippen LogP contribution in [-0.2, 0) is 21.2 Å². The molecule has 134 valence electrons. The number of nitrogens with zero attached hydrogens (tertiary/aromatic N) is 1. The van der Waals surface area contributed by atoms with Gasteiger partial charge in [-0.2, -0.15) is 0 Å². The van der Waals surface area contributed by atoms with Crippen LogP contribution >= 0.6 is 11.6 Å². The van der Waals surface area contributed by atoms with Gasteiger partial charge in [-0.3, -0.25) is 9.10 Å². The Morgan fingerprint density at radius 1 is 1.16 bits per heavy atom. The van der Waals surface area contributed by atoms with Crippen LogP contribution in [0.5, 0.6) is 0 Å². The number of sulfonamides is 1. The highest BCUT2D eigenvalue weighted by Crippen LogP contribution is 2.25. The van der Waals surface area contributed by atoms with Crippen molar-refractivity contribution in [1.29, 1.82) is 0 Å². The van der Waals surface area contributed by atoms with Crippen molar-refractivity contribution in [3.8, 4) is 0 Å². The predicted molar refractivity (Wildman–Crippen MR) is 102 cm³/mol. The van der Waals surface area contributed by atoms with Crippen molar-refractivity contribution >= 4 is 33.2 Å². The van der Waals surface area contributed by atoms with Crippen molar-refractivity contribution in [2.45, 2.75) is 13.3 Å². The zero-order valence-electron chi connectivity index (χ0n) is 14.2. The summed E-state index contributed by atoms with van der Waals surface area (Å²) in [6.45, 7) is 2.17. The van der Waals surface area contributed by atoms with Gasteiger partial charge in [0.2, 0.25) is 15.9 Å². The lowest BCUT2D eigenvalue weighted by Gasteiger charge is -2.24. The number of amides is 1. The first kappa shape index (κ1) is 19.3. The molecule has 0 saturated heterocycles. The smallest absolute Gasteiger partial charge is 0.232 e. The molecule has 5 nitrogen and oxygen atoms in total. The molecule has 0 heterocycles. The Morgan fingerprint density at radius 2 is 1.84 bits per heavy atom. The van der Waals surface area contributed by atoms with E-state index in [-0.39, 0.29) is 25.4 Å². The van der Waals surface area contributed by atoms with Crippen LogP contribution in [-0.4, -0.2) is 33.7 Å². The van der Waals surface area contributed by atoms with Crippen LogP contribution in [0, 0.1) is 6.92 Å². The van der Waals surface area contributed by atoms with Crippen LogP contribution in [0.2, 0.25) is 5.02 Å². The van der Waals surface area contributed by atoms with Gasteiger partial charge in [0.15, 0.2) is 0 Å². The second-order valence-electron chi connectivity index (χ2n) is 5.78. The van der Waals surface area contributed by atoms with E-state index in [2.05, 4.69) is 5.32 Å². The summed E-state index contributed by atoms with van der Waals surface area (Å²) < 4.78 is 25.5. The number of carbonyl (C=O) groups excluding carboxylic acids is 1. The molecule has 2 rings (SSSR count). The van der Waals surface area contributed by atoms with E-state index in [9.17, 15) is 13.2 Å². The molecule has 0 spiro atoms. The number of benzene rings is 2. The van der Waals surface area contributed by atoms with Crippen LogP contribution < -0.4 is 9.62 Å². The number of nitrogens with one attached hydrogen (secondary N) is 1. The fourth-order valence-electron chi connectivity index (χ4n) is 2.46. The van der Waals surface area contributed by atoms with E-state index in [0.717, 1.165) is 17.4 Å². The highest BCUT2D eigenvalue weighted by molar-refractivity contribution is 7.92. The first-order chi connectivity index (χ1) is 11.8. The normalized spacial score (nSPS) is 11.2. The van der Waals surface area contributed by atoms with Crippen molar-refractivity contribution in [1.82, 2.24) is 5.32 Å². The molecular weight excluding hydrogens is 360 g/mol. The average molecular weight is 381 g/mol. The van der Waals surface area contributed by atoms with Gasteiger partial charge in [0, 0.05) is 11.6 Å². The predicted octanol–water partition coefficient (Wildman–Crippen LogP) is 2.77. The first-order valence-corrected chi connectivity index (χ1v) is 10.0. The number of hydrogen-bond donors (Lipinski definition) is 1. The highest BCUT2D eigenvalue weighted by Gasteiger charge is 2.19. The van der Waals surface area contributed by atoms with E-state index in [0.29, 0.717) is 10.7 Å².